The van der Waals surface area contributed by atoms with E-state index in [1.165, 1.54) is 4.31 Å². The monoisotopic (exact) mass is 674 g/mol. The van der Waals surface area contributed by atoms with Crippen LogP contribution in [0.3, 0.4) is 0 Å². The Bertz CT molecular complexity index is 1820. The largest absolute Gasteiger partial charge is 0.369 e. The lowest BCUT2D eigenvalue weighted by atomic mass is 9.85. The van der Waals surface area contributed by atoms with Gasteiger partial charge < -0.3 is 16.4 Å². The molecule has 1 unspecified atom stereocenters. The number of fused-ring (bicyclic) bond motifs is 1. The van der Waals surface area contributed by atoms with Gasteiger partial charge in [-0.3, -0.25) is 9.36 Å². The Kier molecular flexibility index (Phi) is 8.88. The molecular formula is C30H33Cl2FN8O3S. The van der Waals surface area contributed by atoms with Gasteiger partial charge in [0.15, 0.2) is 5.65 Å². The summed E-state index contributed by atoms with van der Waals surface area (Å²) in [6.45, 7) is 2.61. The molecule has 2 fully saturated rings. The molecule has 1 saturated carbocycles. The second-order valence-electron chi connectivity index (χ2n) is 11.6. The van der Waals surface area contributed by atoms with Crippen LogP contribution in [0.1, 0.15) is 50.1 Å². The molecule has 2 aromatic carbocycles. The number of nitrogens with two attached hydrogens (primary N) is 1. The first-order valence-corrected chi connectivity index (χ1v) is 17.0. The minimum atomic E-state index is -3.65. The maximum Gasteiger partial charge on any atom is 0.243 e. The van der Waals surface area contributed by atoms with Crippen LogP contribution in [0.5, 0.6) is 0 Å². The smallest absolute Gasteiger partial charge is 0.243 e. The van der Waals surface area contributed by atoms with Gasteiger partial charge in [0.25, 0.3) is 0 Å². The highest BCUT2D eigenvalue weighted by Crippen LogP contribution is 2.39. The van der Waals surface area contributed by atoms with E-state index in [2.05, 4.69) is 15.6 Å². The molecular weight excluding hydrogens is 642 g/mol. The summed E-state index contributed by atoms with van der Waals surface area (Å²) in [7, 11) is -3.65. The second-order valence-corrected chi connectivity index (χ2v) is 14.4. The summed E-state index contributed by atoms with van der Waals surface area (Å²) >= 11 is 12.7. The molecule has 2 aliphatic rings. The van der Waals surface area contributed by atoms with Gasteiger partial charge in [-0.25, -0.2) is 22.8 Å². The minimum absolute atomic E-state index is 0.0846. The molecule has 4 N–H and O–H groups in total. The normalized spacial score (nSPS) is 21.1. The van der Waals surface area contributed by atoms with Crippen molar-refractivity contribution in [1.29, 1.82) is 0 Å². The Morgan fingerprint density at radius 3 is 2.40 bits per heavy atom. The van der Waals surface area contributed by atoms with Crippen molar-refractivity contribution in [3.8, 4) is 0 Å². The molecule has 3 heterocycles. The SMILES string of the molecule is Cc1ccc(S(=O)(=O)N2CCCC(Nc3ncc4nc(Nc5c(Cl)cc(F)cc5Cl)n(C5CCC(C(N)=O)CC5)c4n3)C2)cc1. The quantitative estimate of drug-likeness (QED) is 0.212. The number of piperidine rings is 1. The number of nitrogens with zero attached hydrogens (tertiary/aromatic N) is 5. The molecule has 1 aliphatic heterocycles. The fourth-order valence-corrected chi connectivity index (χ4v) is 8.19. The average molecular weight is 676 g/mol. The highest BCUT2D eigenvalue weighted by molar-refractivity contribution is 7.89. The van der Waals surface area contributed by atoms with Crippen LogP contribution in [0.4, 0.5) is 22.0 Å². The number of amides is 1. The highest BCUT2D eigenvalue weighted by atomic mass is 35.5. The summed E-state index contributed by atoms with van der Waals surface area (Å²) in [6, 6.07) is 8.88. The highest BCUT2D eigenvalue weighted by Gasteiger charge is 2.32. The van der Waals surface area contributed by atoms with E-state index in [0.717, 1.165) is 24.1 Å². The van der Waals surface area contributed by atoms with Gasteiger partial charge in [-0.05, 0) is 69.7 Å². The topological polar surface area (TPSA) is 148 Å². The summed E-state index contributed by atoms with van der Waals surface area (Å²) in [5, 5.41) is 6.68. The minimum Gasteiger partial charge on any atom is -0.369 e. The Hall–Kier alpha value is -3.52. The van der Waals surface area contributed by atoms with E-state index in [1.54, 1.807) is 30.5 Å². The zero-order valence-electron chi connectivity index (χ0n) is 24.5. The Balaban J connectivity index is 1.30. The molecule has 1 atom stereocenters. The van der Waals surface area contributed by atoms with Crippen LogP contribution in [-0.4, -0.2) is 57.3 Å². The first-order chi connectivity index (χ1) is 21.5. The lowest BCUT2D eigenvalue weighted by Gasteiger charge is -2.32. The van der Waals surface area contributed by atoms with Crippen molar-refractivity contribution in [2.75, 3.05) is 23.7 Å². The van der Waals surface area contributed by atoms with Crippen molar-refractivity contribution in [3.05, 3.63) is 64.0 Å². The van der Waals surface area contributed by atoms with Crippen LogP contribution in [-0.2, 0) is 14.8 Å². The number of carbonyl (C=O) groups excluding carboxylic acids is 1. The molecule has 11 nitrogen and oxygen atoms in total. The third-order valence-corrected chi connectivity index (χ3v) is 11.0. The fraction of sp³-hybridized carbons (Fsp3) is 0.400. The Morgan fingerprint density at radius 2 is 1.73 bits per heavy atom. The van der Waals surface area contributed by atoms with Crippen LogP contribution in [0.25, 0.3) is 11.2 Å². The molecule has 2 aromatic heterocycles. The van der Waals surface area contributed by atoms with Gasteiger partial charge in [0.05, 0.1) is 26.8 Å². The van der Waals surface area contributed by atoms with Crippen molar-refractivity contribution in [1.82, 2.24) is 23.8 Å². The molecule has 1 amide bonds. The van der Waals surface area contributed by atoms with Gasteiger partial charge in [0, 0.05) is 31.1 Å². The van der Waals surface area contributed by atoms with Gasteiger partial charge in [-0.15, -0.1) is 0 Å². The molecule has 238 valence electrons. The number of halogens is 3. The first kappa shape index (κ1) is 31.5. The van der Waals surface area contributed by atoms with E-state index in [1.807, 2.05) is 11.5 Å². The lowest BCUT2D eigenvalue weighted by Crippen LogP contribution is -2.45. The number of sulfonamides is 1. The molecule has 1 aliphatic carbocycles. The van der Waals surface area contributed by atoms with E-state index in [-0.39, 0.29) is 45.4 Å². The van der Waals surface area contributed by atoms with Crippen LogP contribution in [0, 0.1) is 18.7 Å². The number of nitrogens with one attached hydrogen (secondary N) is 2. The number of hydrogen-bond donors (Lipinski definition) is 3. The average Bonchev–Trinajstić information content (AvgIpc) is 3.36. The lowest BCUT2D eigenvalue weighted by molar-refractivity contribution is -0.122. The molecule has 4 aromatic rings. The summed E-state index contributed by atoms with van der Waals surface area (Å²) in [5.74, 6) is -0.359. The van der Waals surface area contributed by atoms with E-state index < -0.39 is 15.8 Å². The number of carbonyl (C=O) groups is 1. The number of hydrogen-bond acceptors (Lipinski definition) is 8. The van der Waals surface area contributed by atoms with E-state index in [4.69, 9.17) is 38.9 Å². The number of rotatable bonds is 8. The number of aryl methyl sites for hydroxylation is 1. The number of primary amides is 1. The Morgan fingerprint density at radius 1 is 1.04 bits per heavy atom. The van der Waals surface area contributed by atoms with Crippen molar-refractivity contribution in [2.24, 2.45) is 11.7 Å². The summed E-state index contributed by atoms with van der Waals surface area (Å²) in [6.07, 6.45) is 5.55. The van der Waals surface area contributed by atoms with E-state index in [0.29, 0.717) is 67.4 Å². The second kappa shape index (κ2) is 12.7. The van der Waals surface area contributed by atoms with E-state index >= 15 is 0 Å². The van der Waals surface area contributed by atoms with Gasteiger partial charge in [-0.1, -0.05) is 40.9 Å². The Labute approximate surface area is 270 Å². The zero-order chi connectivity index (χ0) is 31.9. The van der Waals surface area contributed by atoms with Crippen LogP contribution in [0.2, 0.25) is 10.0 Å². The van der Waals surface area contributed by atoms with Gasteiger partial charge in [0.2, 0.25) is 27.8 Å². The molecule has 0 bridgehead atoms. The van der Waals surface area contributed by atoms with Crippen LogP contribution >= 0.6 is 23.2 Å². The van der Waals surface area contributed by atoms with Gasteiger partial charge in [-0.2, -0.15) is 9.29 Å². The summed E-state index contributed by atoms with van der Waals surface area (Å²) in [4.78, 5) is 26.1. The first-order valence-electron chi connectivity index (χ1n) is 14.8. The van der Waals surface area contributed by atoms with E-state index in [9.17, 15) is 17.6 Å². The zero-order valence-corrected chi connectivity index (χ0v) is 26.8. The van der Waals surface area contributed by atoms with Gasteiger partial charge in [0.1, 0.15) is 11.3 Å². The molecule has 0 radical (unpaired) electrons. The molecule has 15 heteroatoms. The standard InChI is InChI=1S/C30H33Cl2FN8O3S/c1-17-4-10-22(11-5-17)45(43,44)40-12-2-3-20(16-40)36-29-35-15-25-28(39-29)41(21-8-6-18(7-9-21)27(34)42)30(37-25)38-26-23(31)13-19(33)14-24(26)32/h4-5,10-11,13-15,18,20-21H,2-3,6-9,12,16H2,1H3,(H2,34,42)(H,37,38)(H,35,36,39). The summed E-state index contributed by atoms with van der Waals surface area (Å²) in [5.41, 5.74) is 7.90. The number of imidazole rings is 1. The van der Waals surface area contributed by atoms with Crippen molar-refractivity contribution < 1.29 is 17.6 Å². The third-order valence-electron chi connectivity index (χ3n) is 8.52. The number of aromatic nitrogens is 4. The molecule has 1 saturated heterocycles. The third kappa shape index (κ3) is 6.57. The maximum absolute atomic E-state index is 13.9. The molecule has 0 spiro atoms. The number of anilines is 3. The van der Waals surface area contributed by atoms with Crippen LogP contribution in [0.15, 0.2) is 47.5 Å². The maximum atomic E-state index is 13.9. The fourth-order valence-electron chi connectivity index (χ4n) is 6.11. The van der Waals surface area contributed by atoms with Crippen molar-refractivity contribution in [2.45, 2.75) is 62.4 Å². The predicted octanol–water partition coefficient (Wildman–Crippen LogP) is 5.81. The number of benzene rings is 2. The van der Waals surface area contributed by atoms with Crippen molar-refractivity contribution in [3.63, 3.8) is 0 Å². The predicted molar refractivity (Wildman–Crippen MR) is 172 cm³/mol. The summed E-state index contributed by atoms with van der Waals surface area (Å²) < 4.78 is 44.0. The van der Waals surface area contributed by atoms with Gasteiger partial charge >= 0.3 is 0 Å². The van der Waals surface area contributed by atoms with Crippen molar-refractivity contribution >= 4 is 67.9 Å². The molecule has 45 heavy (non-hydrogen) atoms. The van der Waals surface area contributed by atoms with Crippen LogP contribution < -0.4 is 16.4 Å². The molecule has 6 rings (SSSR count).